The zero-order chi connectivity index (χ0) is 16.4. The Morgan fingerprint density at radius 3 is 2.74 bits per heavy atom. The molecule has 124 valence electrons. The minimum absolute atomic E-state index is 0.0609. The van der Waals surface area contributed by atoms with Crippen molar-refractivity contribution in [2.24, 2.45) is 0 Å². The monoisotopic (exact) mass is 338 g/mol. The van der Waals surface area contributed by atoms with E-state index in [1.807, 2.05) is 19.2 Å². The fraction of sp³-hybridized carbons (Fsp3) is 0.471. The normalized spacial score (nSPS) is 16.6. The van der Waals surface area contributed by atoms with Gasteiger partial charge in [0.2, 0.25) is 0 Å². The van der Waals surface area contributed by atoms with Crippen molar-refractivity contribution in [1.29, 1.82) is 0 Å². The molecule has 0 spiro atoms. The fourth-order valence-electron chi connectivity index (χ4n) is 2.76. The Labute approximate surface area is 138 Å². The molecule has 6 heteroatoms. The second kappa shape index (κ2) is 6.93. The smallest absolute Gasteiger partial charge is 0.186 e. The van der Waals surface area contributed by atoms with E-state index in [0.29, 0.717) is 30.0 Å². The predicted octanol–water partition coefficient (Wildman–Crippen LogP) is 4.44. The third kappa shape index (κ3) is 3.23. The Kier molecular flexibility index (Phi) is 4.92. The first-order valence-electron chi connectivity index (χ1n) is 7.88. The van der Waals surface area contributed by atoms with Gasteiger partial charge in [-0.05, 0) is 24.5 Å². The highest BCUT2D eigenvalue weighted by Gasteiger charge is 2.22. The summed E-state index contributed by atoms with van der Waals surface area (Å²) < 4.78 is 33.3. The number of hydrogen-bond donors (Lipinski definition) is 0. The van der Waals surface area contributed by atoms with E-state index in [4.69, 9.17) is 4.74 Å². The van der Waals surface area contributed by atoms with Gasteiger partial charge in [0, 0.05) is 29.6 Å². The lowest BCUT2D eigenvalue weighted by Gasteiger charge is -2.26. The molecule has 1 saturated heterocycles. The van der Waals surface area contributed by atoms with Crippen LogP contribution in [0, 0.1) is 11.6 Å². The average Bonchev–Trinajstić information content (AvgIpc) is 3.07. The van der Waals surface area contributed by atoms with E-state index >= 15 is 0 Å². The summed E-state index contributed by atoms with van der Waals surface area (Å²) in [6.45, 7) is 6.89. The van der Waals surface area contributed by atoms with Crippen molar-refractivity contribution in [3.05, 3.63) is 34.7 Å². The van der Waals surface area contributed by atoms with E-state index in [1.54, 1.807) is 6.07 Å². The maximum atomic E-state index is 14.3. The molecular formula is C17H20F2N2OS. The summed E-state index contributed by atoms with van der Waals surface area (Å²) >= 11 is 1.53. The molecular weight excluding hydrogens is 318 g/mol. The average molecular weight is 338 g/mol. The number of ether oxygens (including phenoxy) is 1. The lowest BCUT2D eigenvalue weighted by Crippen LogP contribution is -2.36. The summed E-state index contributed by atoms with van der Waals surface area (Å²) in [6, 6.07) is 2.82. The van der Waals surface area contributed by atoms with Crippen molar-refractivity contribution in [2.45, 2.75) is 26.2 Å². The van der Waals surface area contributed by atoms with Gasteiger partial charge < -0.3 is 9.64 Å². The molecule has 2 aromatic rings. The van der Waals surface area contributed by atoms with Crippen LogP contribution in [0.2, 0.25) is 0 Å². The van der Waals surface area contributed by atoms with Gasteiger partial charge in [-0.1, -0.05) is 13.8 Å². The first-order chi connectivity index (χ1) is 11.1. The molecule has 1 atom stereocenters. The van der Waals surface area contributed by atoms with Crippen LogP contribution in [-0.4, -0.2) is 31.3 Å². The van der Waals surface area contributed by atoms with Crippen molar-refractivity contribution in [1.82, 2.24) is 4.98 Å². The molecule has 1 aliphatic rings. The second-order valence-electron chi connectivity index (χ2n) is 5.75. The van der Waals surface area contributed by atoms with Gasteiger partial charge in [-0.25, -0.2) is 13.8 Å². The van der Waals surface area contributed by atoms with Gasteiger partial charge in [0.25, 0.3) is 0 Å². The van der Waals surface area contributed by atoms with Crippen LogP contribution in [0.3, 0.4) is 0 Å². The van der Waals surface area contributed by atoms with Gasteiger partial charge in [0.05, 0.1) is 18.9 Å². The van der Waals surface area contributed by atoms with E-state index in [9.17, 15) is 8.78 Å². The summed E-state index contributed by atoms with van der Waals surface area (Å²) in [5, 5.41) is 2.83. The number of morpholine rings is 1. The SMILES string of the molecule is CCC(C)c1c(-c2csc(N3CCOCC3)n2)ccc(F)c1F. The van der Waals surface area contributed by atoms with Crippen LogP contribution in [0.5, 0.6) is 0 Å². The molecule has 0 N–H and O–H groups in total. The molecule has 3 nitrogen and oxygen atoms in total. The molecule has 1 aliphatic heterocycles. The van der Waals surface area contributed by atoms with Gasteiger partial charge in [-0.2, -0.15) is 0 Å². The standard InChI is InChI=1S/C17H20F2N2OS/c1-3-11(2)15-12(4-5-13(18)16(15)19)14-10-23-17(20-14)21-6-8-22-9-7-21/h4-5,10-11H,3,6-9H2,1-2H3. The third-order valence-corrected chi connectivity index (χ3v) is 5.19. The van der Waals surface area contributed by atoms with Crippen molar-refractivity contribution >= 4 is 16.5 Å². The quantitative estimate of drug-likeness (QED) is 0.824. The van der Waals surface area contributed by atoms with Crippen LogP contribution < -0.4 is 4.90 Å². The Morgan fingerprint density at radius 2 is 2.04 bits per heavy atom. The molecule has 0 bridgehead atoms. The molecule has 3 rings (SSSR count). The summed E-state index contributed by atoms with van der Waals surface area (Å²) in [5.74, 6) is -1.61. The minimum atomic E-state index is -0.798. The molecule has 0 saturated carbocycles. The van der Waals surface area contributed by atoms with Crippen LogP contribution in [0.4, 0.5) is 13.9 Å². The zero-order valence-corrected chi connectivity index (χ0v) is 14.1. The van der Waals surface area contributed by atoms with Crippen LogP contribution in [0.25, 0.3) is 11.3 Å². The second-order valence-corrected chi connectivity index (χ2v) is 6.58. The first kappa shape index (κ1) is 16.3. The highest BCUT2D eigenvalue weighted by molar-refractivity contribution is 7.14. The van der Waals surface area contributed by atoms with Crippen LogP contribution in [0.15, 0.2) is 17.5 Å². The van der Waals surface area contributed by atoms with Gasteiger partial charge in [0.15, 0.2) is 16.8 Å². The largest absolute Gasteiger partial charge is 0.378 e. The number of nitrogens with zero attached hydrogens (tertiary/aromatic N) is 2. The topological polar surface area (TPSA) is 25.4 Å². The number of thiazole rings is 1. The molecule has 0 aliphatic carbocycles. The zero-order valence-electron chi connectivity index (χ0n) is 13.3. The molecule has 23 heavy (non-hydrogen) atoms. The molecule has 0 radical (unpaired) electrons. The lowest BCUT2D eigenvalue weighted by atomic mass is 9.92. The summed E-state index contributed by atoms with van der Waals surface area (Å²) in [7, 11) is 0. The minimum Gasteiger partial charge on any atom is -0.378 e. The number of rotatable bonds is 4. The molecule has 1 fully saturated rings. The number of benzene rings is 1. The van der Waals surface area contributed by atoms with Gasteiger partial charge in [-0.3, -0.25) is 0 Å². The van der Waals surface area contributed by atoms with E-state index in [1.165, 1.54) is 17.4 Å². The Balaban J connectivity index is 1.98. The highest BCUT2D eigenvalue weighted by atomic mass is 32.1. The van der Waals surface area contributed by atoms with Crippen molar-refractivity contribution < 1.29 is 13.5 Å². The van der Waals surface area contributed by atoms with Crippen LogP contribution >= 0.6 is 11.3 Å². The lowest BCUT2D eigenvalue weighted by molar-refractivity contribution is 0.122. The number of aromatic nitrogens is 1. The Bertz CT molecular complexity index is 683. The maximum Gasteiger partial charge on any atom is 0.186 e. The first-order valence-corrected chi connectivity index (χ1v) is 8.76. The predicted molar refractivity (Wildman–Crippen MR) is 89.2 cm³/mol. The van der Waals surface area contributed by atoms with E-state index < -0.39 is 11.6 Å². The van der Waals surface area contributed by atoms with Gasteiger partial charge >= 0.3 is 0 Å². The van der Waals surface area contributed by atoms with Gasteiger partial charge in [0.1, 0.15) is 0 Å². The van der Waals surface area contributed by atoms with Crippen molar-refractivity contribution in [3.63, 3.8) is 0 Å². The number of halogens is 2. The third-order valence-electron chi connectivity index (χ3n) is 4.29. The maximum absolute atomic E-state index is 14.3. The summed E-state index contributed by atoms with van der Waals surface area (Å²) in [6.07, 6.45) is 0.744. The van der Waals surface area contributed by atoms with Crippen molar-refractivity contribution in [3.8, 4) is 11.3 Å². The van der Waals surface area contributed by atoms with Crippen LogP contribution in [0.1, 0.15) is 31.7 Å². The number of anilines is 1. The molecule has 1 aromatic carbocycles. The van der Waals surface area contributed by atoms with Crippen LogP contribution in [-0.2, 0) is 4.74 Å². The molecule has 2 heterocycles. The Hall–Kier alpha value is -1.53. The Morgan fingerprint density at radius 1 is 1.30 bits per heavy atom. The molecule has 1 aromatic heterocycles. The van der Waals surface area contributed by atoms with Gasteiger partial charge in [-0.15, -0.1) is 11.3 Å². The van der Waals surface area contributed by atoms with E-state index in [0.717, 1.165) is 24.6 Å². The summed E-state index contributed by atoms with van der Waals surface area (Å²) in [4.78, 5) is 6.82. The van der Waals surface area contributed by atoms with E-state index in [2.05, 4.69) is 9.88 Å². The number of hydrogen-bond acceptors (Lipinski definition) is 4. The van der Waals surface area contributed by atoms with Crippen molar-refractivity contribution in [2.75, 3.05) is 31.2 Å². The molecule has 1 unspecified atom stereocenters. The summed E-state index contributed by atoms with van der Waals surface area (Å²) in [5.41, 5.74) is 1.83. The fourth-order valence-corrected chi connectivity index (χ4v) is 3.64. The highest BCUT2D eigenvalue weighted by Crippen LogP contribution is 2.36. The molecule has 0 amide bonds. The van der Waals surface area contributed by atoms with E-state index in [-0.39, 0.29) is 5.92 Å².